The summed E-state index contributed by atoms with van der Waals surface area (Å²) < 4.78 is 21.8. The summed E-state index contributed by atoms with van der Waals surface area (Å²) in [5.74, 6) is -0.420. The molecule has 2 aromatic carbocycles. The van der Waals surface area contributed by atoms with Crippen LogP contribution in [0, 0.1) is 6.92 Å². The number of esters is 2. The van der Waals surface area contributed by atoms with Crippen LogP contribution in [0.15, 0.2) is 76.4 Å². The van der Waals surface area contributed by atoms with E-state index in [-0.39, 0.29) is 32.3 Å². The number of hydrogen-bond acceptors (Lipinski definition) is 10. The molecule has 0 saturated carbocycles. The molecule has 260 valence electrons. The zero-order valence-electron chi connectivity index (χ0n) is 27.9. The molecule has 0 saturated heterocycles. The van der Waals surface area contributed by atoms with Gasteiger partial charge in [0.25, 0.3) is 5.56 Å². The first-order valence-electron chi connectivity index (χ1n) is 15.6. The molecule has 0 fully saturated rings. The summed E-state index contributed by atoms with van der Waals surface area (Å²) in [6, 6.07) is 19.1. The summed E-state index contributed by atoms with van der Waals surface area (Å²) in [6.45, 7) is 7.24. The molecular weight excluding hydrogens is 623 g/mol. The third-order valence-electron chi connectivity index (χ3n) is 6.32. The van der Waals surface area contributed by atoms with Gasteiger partial charge in [0.15, 0.2) is 0 Å². The number of ether oxygens (including phenoxy) is 4. The van der Waals surface area contributed by atoms with Gasteiger partial charge in [-0.2, -0.15) is 0 Å². The molecule has 0 aliphatic rings. The molecule has 1 aromatic heterocycles. The normalized spacial score (nSPS) is 11.9. The van der Waals surface area contributed by atoms with Crippen LogP contribution in [0.25, 0.3) is 0 Å². The first-order valence-corrected chi connectivity index (χ1v) is 16.9. The van der Waals surface area contributed by atoms with Crippen LogP contribution in [0.5, 0.6) is 0 Å². The van der Waals surface area contributed by atoms with Gasteiger partial charge in [0.05, 0.1) is 38.8 Å². The van der Waals surface area contributed by atoms with Crippen molar-refractivity contribution in [2.24, 2.45) is 11.2 Å². The lowest BCUT2D eigenvalue weighted by Crippen LogP contribution is -2.36. The van der Waals surface area contributed by atoms with Crippen molar-refractivity contribution in [3.63, 3.8) is 0 Å². The van der Waals surface area contributed by atoms with Crippen LogP contribution in [0.1, 0.15) is 49.8 Å². The summed E-state index contributed by atoms with van der Waals surface area (Å²) in [5, 5.41) is 0. The lowest BCUT2D eigenvalue weighted by atomic mass is 10.1. The maximum Gasteiger partial charge on any atom is 0.328 e. The van der Waals surface area contributed by atoms with Crippen molar-refractivity contribution < 1.29 is 28.5 Å². The fourth-order valence-electron chi connectivity index (χ4n) is 3.92. The third-order valence-corrected chi connectivity index (χ3v) is 6.65. The number of nitrogens with one attached hydrogen (secondary N) is 1. The Balaban J connectivity index is 0.000000356. The van der Waals surface area contributed by atoms with Crippen molar-refractivity contribution in [3.05, 3.63) is 104 Å². The Morgan fingerprint density at radius 1 is 0.936 bits per heavy atom. The van der Waals surface area contributed by atoms with E-state index in [1.54, 1.807) is 14.0 Å². The van der Waals surface area contributed by atoms with E-state index in [2.05, 4.69) is 4.98 Å². The molecule has 13 heteroatoms. The number of carbonyl (C=O) groups excluding carboxylic acids is 2. The Morgan fingerprint density at radius 2 is 1.53 bits per heavy atom. The van der Waals surface area contributed by atoms with Crippen LogP contribution < -0.4 is 22.5 Å². The molecule has 0 spiro atoms. The highest BCUT2D eigenvalue weighted by atomic mass is 31.1. The maximum absolute atomic E-state index is 11.6. The topological polar surface area (TPSA) is 178 Å². The van der Waals surface area contributed by atoms with Crippen LogP contribution in [0.4, 0.5) is 0 Å². The number of aromatic nitrogens is 2. The van der Waals surface area contributed by atoms with Crippen LogP contribution in [0.2, 0.25) is 0 Å². The number of aromatic amines is 1. The van der Waals surface area contributed by atoms with E-state index in [9.17, 15) is 19.2 Å². The average molecular weight is 675 g/mol. The summed E-state index contributed by atoms with van der Waals surface area (Å²) in [6.07, 6.45) is 5.15. The molecule has 0 amide bonds. The van der Waals surface area contributed by atoms with E-state index in [0.717, 1.165) is 24.8 Å². The molecule has 0 bridgehead atoms. The molecule has 0 aliphatic carbocycles. The van der Waals surface area contributed by atoms with Crippen LogP contribution >= 0.6 is 8.73 Å². The molecular formula is C34H51N4O8P. The number of nitrogens with two attached hydrogens (primary N) is 2. The first kappa shape index (κ1) is 41.4. The lowest BCUT2D eigenvalue weighted by Gasteiger charge is -2.17. The molecule has 5 N–H and O–H groups in total. The van der Waals surface area contributed by atoms with Gasteiger partial charge in [-0.25, -0.2) is 4.79 Å². The number of rotatable bonds is 17. The van der Waals surface area contributed by atoms with Crippen molar-refractivity contribution in [1.82, 2.24) is 9.55 Å². The monoisotopic (exact) mass is 674 g/mol. The highest BCUT2D eigenvalue weighted by Crippen LogP contribution is 2.05. The molecule has 3 rings (SSSR count). The number of H-pyrrole nitrogens is 1. The van der Waals surface area contributed by atoms with E-state index >= 15 is 0 Å². The van der Waals surface area contributed by atoms with Gasteiger partial charge in [-0.1, -0.05) is 74.5 Å². The standard InChI is InChI=1S/C12H17NO2.C12H16O2.C10H18N3O4P/c1-2-8-15-12(14)11(13)9-10-6-4-3-5-7-10;1-2-10-14-12(13)9-8-11-6-4-3-5-7-11;1-7-3-13(10(15)12-9(7)14)4-8(5-16-2)17-6-18-11/h3-7,11H,2,8-9,13H2,1H3;3-7H,2,8-10H2,1H3;3,8,18H,4-6,11H2,1-2H3,(H,12,14,15). The van der Waals surface area contributed by atoms with E-state index in [1.807, 2.05) is 74.5 Å². The van der Waals surface area contributed by atoms with Gasteiger partial charge in [0, 0.05) is 25.3 Å². The zero-order chi connectivity index (χ0) is 34.9. The van der Waals surface area contributed by atoms with Crippen molar-refractivity contribution in [1.29, 1.82) is 0 Å². The Labute approximate surface area is 279 Å². The van der Waals surface area contributed by atoms with E-state index < -0.39 is 11.7 Å². The third kappa shape index (κ3) is 18.9. The molecule has 3 unspecified atom stereocenters. The van der Waals surface area contributed by atoms with Crippen LogP contribution in [-0.2, 0) is 47.9 Å². The summed E-state index contributed by atoms with van der Waals surface area (Å²) in [4.78, 5) is 47.6. The summed E-state index contributed by atoms with van der Waals surface area (Å²) in [7, 11) is 1.74. The number of benzene rings is 2. The van der Waals surface area contributed by atoms with Gasteiger partial charge in [-0.05, 0) is 52.5 Å². The quantitative estimate of drug-likeness (QED) is 0.142. The highest BCUT2D eigenvalue weighted by Gasteiger charge is 2.15. The number of hydrogen-bond donors (Lipinski definition) is 3. The maximum atomic E-state index is 11.6. The van der Waals surface area contributed by atoms with E-state index in [4.69, 9.17) is 30.2 Å². The predicted octanol–water partition coefficient (Wildman–Crippen LogP) is 3.47. The highest BCUT2D eigenvalue weighted by molar-refractivity contribution is 7.34. The van der Waals surface area contributed by atoms with Crippen molar-refractivity contribution in [2.75, 3.05) is 33.3 Å². The van der Waals surface area contributed by atoms with Crippen LogP contribution in [0.3, 0.4) is 0 Å². The number of nitrogens with zero attached hydrogens (tertiary/aromatic N) is 1. The number of aryl methyl sites for hydroxylation is 2. The van der Waals surface area contributed by atoms with Crippen LogP contribution in [-0.4, -0.2) is 66.9 Å². The molecule has 0 aliphatic heterocycles. The second kappa shape index (κ2) is 25.4. The van der Waals surface area contributed by atoms with Gasteiger partial charge in [-0.3, -0.25) is 23.9 Å². The summed E-state index contributed by atoms with van der Waals surface area (Å²) >= 11 is 0. The molecule has 0 radical (unpaired) electrons. The molecule has 12 nitrogen and oxygen atoms in total. The predicted molar refractivity (Wildman–Crippen MR) is 186 cm³/mol. The summed E-state index contributed by atoms with van der Waals surface area (Å²) in [5.41, 5.74) is 13.0. The van der Waals surface area contributed by atoms with Crippen molar-refractivity contribution >= 4 is 20.7 Å². The Kier molecular flexibility index (Phi) is 22.4. The minimum Gasteiger partial charge on any atom is -0.466 e. The second-order valence-corrected chi connectivity index (χ2v) is 11.2. The molecule has 3 atom stereocenters. The van der Waals surface area contributed by atoms with Gasteiger partial charge < -0.3 is 30.2 Å². The van der Waals surface area contributed by atoms with Crippen molar-refractivity contribution in [3.8, 4) is 0 Å². The minimum absolute atomic E-state index is 0.101. The first-order chi connectivity index (χ1) is 22.6. The molecule has 1 heterocycles. The van der Waals surface area contributed by atoms with Gasteiger partial charge in [0.1, 0.15) is 6.04 Å². The second-order valence-electron chi connectivity index (χ2n) is 10.5. The van der Waals surface area contributed by atoms with Gasteiger partial charge in [0.2, 0.25) is 0 Å². The minimum atomic E-state index is -0.557. The fraction of sp³-hybridized carbons (Fsp3) is 0.471. The Morgan fingerprint density at radius 3 is 2.11 bits per heavy atom. The Bertz CT molecular complexity index is 1390. The van der Waals surface area contributed by atoms with E-state index in [0.29, 0.717) is 51.1 Å². The largest absolute Gasteiger partial charge is 0.466 e. The van der Waals surface area contributed by atoms with Gasteiger partial charge in [-0.15, -0.1) is 0 Å². The SMILES string of the molecule is CCCOC(=O)C(N)Cc1ccccc1.CCCOC(=O)CCc1ccccc1.COCC(Cn1cc(C)c(=O)[nH]c1=O)OCPN. The smallest absolute Gasteiger partial charge is 0.328 e. The molecule has 3 aromatic rings. The fourth-order valence-corrected chi connectivity index (χ4v) is 4.25. The lowest BCUT2D eigenvalue weighted by molar-refractivity contribution is -0.145. The van der Waals surface area contributed by atoms with Crippen molar-refractivity contribution in [2.45, 2.75) is 71.6 Å². The molecule has 47 heavy (non-hydrogen) atoms. The average Bonchev–Trinajstić information content (AvgIpc) is 3.08. The Hall–Kier alpha value is -3.67. The zero-order valence-corrected chi connectivity index (χ0v) is 28.9. The number of methoxy groups -OCH3 is 1. The van der Waals surface area contributed by atoms with Gasteiger partial charge >= 0.3 is 17.6 Å². The number of carbonyl (C=O) groups is 2. The van der Waals surface area contributed by atoms with E-state index in [1.165, 1.54) is 16.3 Å².